The summed E-state index contributed by atoms with van der Waals surface area (Å²) in [5.41, 5.74) is 2.59. The number of benzene rings is 2. The summed E-state index contributed by atoms with van der Waals surface area (Å²) in [6.45, 7) is 4.38. The summed E-state index contributed by atoms with van der Waals surface area (Å²) in [6.07, 6.45) is -0.882. The molecule has 1 N–H and O–H groups in total. The smallest absolute Gasteiger partial charge is 0.407 e. The van der Waals surface area contributed by atoms with E-state index in [1.807, 2.05) is 37.3 Å². The molecule has 0 aromatic heterocycles. The van der Waals surface area contributed by atoms with Gasteiger partial charge in [0.2, 0.25) is 0 Å². The van der Waals surface area contributed by atoms with Gasteiger partial charge in [-0.05, 0) is 42.3 Å². The van der Waals surface area contributed by atoms with Crippen LogP contribution in [0.1, 0.15) is 18.1 Å². The van der Waals surface area contributed by atoms with Crippen LogP contribution < -0.4 is 0 Å². The molecule has 0 spiro atoms. The summed E-state index contributed by atoms with van der Waals surface area (Å²) >= 11 is 0. The SMILES string of the molecule is C[C@H]1CN(Cc2cccc(-c3cc(C#N)ccc3F)c2)CCN1C(=O)O. The molecule has 0 radical (unpaired) electrons. The summed E-state index contributed by atoms with van der Waals surface area (Å²) in [4.78, 5) is 14.8. The van der Waals surface area contributed by atoms with Crippen molar-refractivity contribution in [3.8, 4) is 17.2 Å². The fourth-order valence-electron chi connectivity index (χ4n) is 3.37. The highest BCUT2D eigenvalue weighted by atomic mass is 19.1. The molecule has 0 aliphatic carbocycles. The maximum Gasteiger partial charge on any atom is 0.407 e. The Labute approximate surface area is 151 Å². The normalized spacial score (nSPS) is 17.7. The van der Waals surface area contributed by atoms with Crippen LogP contribution in [0.2, 0.25) is 0 Å². The molecule has 1 saturated heterocycles. The molecule has 5 nitrogen and oxygen atoms in total. The number of amides is 1. The minimum absolute atomic E-state index is 0.0609. The molecule has 134 valence electrons. The molecule has 2 aromatic carbocycles. The second kappa shape index (κ2) is 7.54. The van der Waals surface area contributed by atoms with E-state index in [1.54, 1.807) is 6.07 Å². The van der Waals surface area contributed by atoms with Gasteiger partial charge in [-0.3, -0.25) is 4.90 Å². The summed E-state index contributed by atoms with van der Waals surface area (Å²) in [5, 5.41) is 18.2. The van der Waals surface area contributed by atoms with Gasteiger partial charge in [0, 0.05) is 37.8 Å². The molecule has 0 unspecified atom stereocenters. The number of halogens is 1. The molecule has 1 amide bonds. The van der Waals surface area contributed by atoms with Gasteiger partial charge in [0.25, 0.3) is 0 Å². The zero-order valence-electron chi connectivity index (χ0n) is 14.5. The Bertz CT molecular complexity index is 862. The van der Waals surface area contributed by atoms with Gasteiger partial charge in [0.1, 0.15) is 5.82 Å². The Hall–Kier alpha value is -2.91. The predicted molar refractivity (Wildman–Crippen MR) is 96.0 cm³/mol. The number of hydrogen-bond acceptors (Lipinski definition) is 3. The lowest BCUT2D eigenvalue weighted by atomic mass is 10.0. The Balaban J connectivity index is 1.77. The molecule has 1 aliphatic rings. The number of piperazine rings is 1. The van der Waals surface area contributed by atoms with Gasteiger partial charge in [0.05, 0.1) is 11.6 Å². The van der Waals surface area contributed by atoms with Crippen LogP contribution in [0.4, 0.5) is 9.18 Å². The Morgan fingerprint density at radius 2 is 2.12 bits per heavy atom. The summed E-state index contributed by atoms with van der Waals surface area (Å²) in [5.74, 6) is -0.357. The molecule has 26 heavy (non-hydrogen) atoms. The van der Waals surface area contributed by atoms with Crippen molar-refractivity contribution in [2.45, 2.75) is 19.5 Å². The highest BCUT2D eigenvalue weighted by Gasteiger charge is 2.26. The van der Waals surface area contributed by atoms with Crippen molar-refractivity contribution in [1.29, 1.82) is 5.26 Å². The van der Waals surface area contributed by atoms with Crippen LogP contribution in [0, 0.1) is 17.1 Å². The first kappa shape index (κ1) is 17.9. The van der Waals surface area contributed by atoms with Crippen LogP contribution in [-0.4, -0.2) is 46.7 Å². The molecule has 1 fully saturated rings. The largest absolute Gasteiger partial charge is 0.465 e. The zero-order chi connectivity index (χ0) is 18.7. The Morgan fingerprint density at radius 3 is 2.81 bits per heavy atom. The summed E-state index contributed by atoms with van der Waals surface area (Å²) in [7, 11) is 0. The third-order valence-electron chi connectivity index (χ3n) is 4.70. The molecular formula is C20H20FN3O2. The molecule has 1 aliphatic heterocycles. The maximum absolute atomic E-state index is 14.2. The van der Waals surface area contributed by atoms with Crippen molar-refractivity contribution < 1.29 is 14.3 Å². The first-order valence-corrected chi connectivity index (χ1v) is 8.49. The second-order valence-corrected chi connectivity index (χ2v) is 6.57. The number of nitriles is 1. The third-order valence-corrected chi connectivity index (χ3v) is 4.70. The van der Waals surface area contributed by atoms with Crippen LogP contribution >= 0.6 is 0 Å². The monoisotopic (exact) mass is 353 g/mol. The predicted octanol–water partition coefficient (Wildman–Crippen LogP) is 3.55. The van der Waals surface area contributed by atoms with Crippen molar-refractivity contribution in [1.82, 2.24) is 9.80 Å². The van der Waals surface area contributed by atoms with E-state index in [0.717, 1.165) is 11.1 Å². The standard InChI is InChI=1S/C20H20FN3O2/c1-14-12-23(7-8-24(14)20(25)26)13-16-3-2-4-17(9-16)18-10-15(11-22)5-6-19(18)21/h2-6,9-10,14H,7-8,12-13H2,1H3,(H,25,26)/t14-/m0/s1. The maximum atomic E-state index is 14.2. The van der Waals surface area contributed by atoms with E-state index in [1.165, 1.54) is 17.0 Å². The van der Waals surface area contributed by atoms with Gasteiger partial charge in [-0.2, -0.15) is 5.26 Å². The van der Waals surface area contributed by atoms with Gasteiger partial charge in [-0.25, -0.2) is 9.18 Å². The van der Waals surface area contributed by atoms with E-state index in [-0.39, 0.29) is 11.9 Å². The van der Waals surface area contributed by atoms with E-state index >= 15 is 0 Å². The molecule has 2 aromatic rings. The van der Waals surface area contributed by atoms with Crippen molar-refractivity contribution in [3.63, 3.8) is 0 Å². The van der Waals surface area contributed by atoms with E-state index < -0.39 is 6.09 Å². The van der Waals surface area contributed by atoms with Crippen LogP contribution in [0.5, 0.6) is 0 Å². The number of hydrogen-bond donors (Lipinski definition) is 1. The summed E-state index contributed by atoms with van der Waals surface area (Å²) < 4.78 is 14.2. The third kappa shape index (κ3) is 3.84. The Kier molecular flexibility index (Phi) is 5.19. The van der Waals surface area contributed by atoms with Crippen molar-refractivity contribution in [2.75, 3.05) is 19.6 Å². The minimum atomic E-state index is -0.882. The average molecular weight is 353 g/mol. The lowest BCUT2D eigenvalue weighted by Crippen LogP contribution is -2.53. The van der Waals surface area contributed by atoms with E-state index in [4.69, 9.17) is 10.4 Å². The van der Waals surface area contributed by atoms with E-state index in [2.05, 4.69) is 4.90 Å². The van der Waals surface area contributed by atoms with Gasteiger partial charge >= 0.3 is 6.09 Å². The number of nitrogens with zero attached hydrogens (tertiary/aromatic N) is 3. The molecule has 6 heteroatoms. The second-order valence-electron chi connectivity index (χ2n) is 6.57. The first-order chi connectivity index (χ1) is 12.5. The fraction of sp³-hybridized carbons (Fsp3) is 0.300. The zero-order valence-corrected chi connectivity index (χ0v) is 14.5. The lowest BCUT2D eigenvalue weighted by Gasteiger charge is -2.38. The average Bonchev–Trinajstić information content (AvgIpc) is 2.62. The first-order valence-electron chi connectivity index (χ1n) is 8.49. The molecule has 1 heterocycles. The van der Waals surface area contributed by atoms with Crippen LogP contribution in [0.25, 0.3) is 11.1 Å². The molecular weight excluding hydrogens is 333 g/mol. The molecule has 3 rings (SSSR count). The fourth-order valence-corrected chi connectivity index (χ4v) is 3.37. The minimum Gasteiger partial charge on any atom is -0.465 e. The number of carbonyl (C=O) groups is 1. The molecule has 0 saturated carbocycles. The topological polar surface area (TPSA) is 67.6 Å². The number of carboxylic acid groups (broad SMARTS) is 1. The van der Waals surface area contributed by atoms with Crippen molar-refractivity contribution in [3.05, 3.63) is 59.4 Å². The summed E-state index contributed by atoms with van der Waals surface area (Å²) in [6, 6.07) is 13.9. The van der Waals surface area contributed by atoms with Gasteiger partial charge < -0.3 is 10.0 Å². The van der Waals surface area contributed by atoms with Gasteiger partial charge in [-0.15, -0.1) is 0 Å². The van der Waals surface area contributed by atoms with Crippen molar-refractivity contribution >= 4 is 6.09 Å². The molecule has 0 bridgehead atoms. The Morgan fingerprint density at radius 1 is 1.31 bits per heavy atom. The van der Waals surface area contributed by atoms with Crippen LogP contribution in [0.15, 0.2) is 42.5 Å². The highest BCUT2D eigenvalue weighted by molar-refractivity contribution is 5.67. The van der Waals surface area contributed by atoms with Gasteiger partial charge in [0.15, 0.2) is 0 Å². The van der Waals surface area contributed by atoms with E-state index in [9.17, 15) is 9.18 Å². The van der Waals surface area contributed by atoms with E-state index in [0.29, 0.717) is 37.3 Å². The van der Waals surface area contributed by atoms with Crippen molar-refractivity contribution in [2.24, 2.45) is 0 Å². The van der Waals surface area contributed by atoms with Crippen LogP contribution in [0.3, 0.4) is 0 Å². The quantitative estimate of drug-likeness (QED) is 0.916. The highest BCUT2D eigenvalue weighted by Crippen LogP contribution is 2.25. The molecule has 1 atom stereocenters. The van der Waals surface area contributed by atoms with Gasteiger partial charge in [-0.1, -0.05) is 18.2 Å². The lowest BCUT2D eigenvalue weighted by molar-refractivity contribution is 0.0711. The number of rotatable bonds is 3. The van der Waals surface area contributed by atoms with Crippen LogP contribution in [-0.2, 0) is 6.54 Å².